The maximum Gasteiger partial charge on any atom is 1.00 e. The van der Waals surface area contributed by atoms with Gasteiger partial charge in [0.15, 0.2) is 0 Å². The molecule has 19 heavy (non-hydrogen) atoms. The van der Waals surface area contributed by atoms with E-state index in [1.165, 1.54) is 0 Å². The molecule has 2 rings (SSSR count). The average Bonchev–Trinajstić information content (AvgIpc) is 2.40. The zero-order valence-corrected chi connectivity index (χ0v) is 11.6. The van der Waals surface area contributed by atoms with Crippen LogP contribution in [0.15, 0.2) is 36.4 Å². The van der Waals surface area contributed by atoms with Crippen molar-refractivity contribution in [2.45, 2.75) is 13.8 Å². The molecule has 0 saturated carbocycles. The van der Waals surface area contributed by atoms with Crippen LogP contribution in [0.4, 0.5) is 4.79 Å². The van der Waals surface area contributed by atoms with Crippen molar-refractivity contribution in [1.29, 1.82) is 0 Å². The zero-order valence-electron chi connectivity index (χ0n) is 11.6. The van der Waals surface area contributed by atoms with Crippen molar-refractivity contribution in [1.82, 2.24) is 4.90 Å². The predicted molar refractivity (Wildman–Crippen MR) is 71.7 cm³/mol. The van der Waals surface area contributed by atoms with Crippen LogP contribution in [0.3, 0.4) is 0 Å². The van der Waals surface area contributed by atoms with Crippen LogP contribution in [-0.4, -0.2) is 24.1 Å². The molecular weight excluding hydrogens is 233 g/mol. The van der Waals surface area contributed by atoms with Gasteiger partial charge in [0.1, 0.15) is 0 Å². The third kappa shape index (κ3) is 3.53. The molecule has 2 aromatic rings. The minimum atomic E-state index is -0.315. The fourth-order valence-electron chi connectivity index (χ4n) is 1.86. The van der Waals surface area contributed by atoms with Crippen molar-refractivity contribution >= 4 is 16.9 Å². The van der Waals surface area contributed by atoms with Gasteiger partial charge in [-0.2, -0.15) is 12.1 Å². The fourth-order valence-corrected chi connectivity index (χ4v) is 1.86. The molecule has 0 atom stereocenters. The molecule has 0 fully saturated rings. The molecule has 0 aliphatic rings. The van der Waals surface area contributed by atoms with Gasteiger partial charge in [-0.3, -0.25) is 0 Å². The van der Waals surface area contributed by atoms with Crippen LogP contribution in [0.2, 0.25) is 0 Å². The Labute approximate surface area is 125 Å². The summed E-state index contributed by atoms with van der Waals surface area (Å²) in [4.78, 5) is 13.5. The molecule has 3 nitrogen and oxygen atoms in total. The first-order valence-corrected chi connectivity index (χ1v) is 6.11. The molecule has 94 valence electrons. The molecule has 2 aromatic carbocycles. The van der Waals surface area contributed by atoms with E-state index in [1.54, 1.807) is 11.0 Å². The summed E-state index contributed by atoms with van der Waals surface area (Å²) in [6.45, 7) is 5.15. The molecule has 0 heterocycles. The van der Waals surface area contributed by atoms with Crippen LogP contribution >= 0.6 is 0 Å². The van der Waals surface area contributed by atoms with Gasteiger partial charge in [0.2, 0.25) is 0 Å². The predicted octanol–water partition coefficient (Wildman–Crippen LogP) is 0.485. The number of fused-ring (bicyclic) bond motifs is 1. The Hall–Kier alpha value is -1.43. The van der Waals surface area contributed by atoms with Gasteiger partial charge < -0.3 is 9.64 Å². The van der Waals surface area contributed by atoms with Crippen LogP contribution in [0.5, 0.6) is 5.75 Å². The van der Waals surface area contributed by atoms with Crippen molar-refractivity contribution in [3.05, 3.63) is 42.5 Å². The second kappa shape index (κ2) is 7.23. The molecular formula is C15H16LiNO2. The number of ether oxygens (including phenoxy) is 1. The Bertz CT molecular complexity index is 547. The maximum absolute atomic E-state index is 11.9. The van der Waals surface area contributed by atoms with Crippen molar-refractivity contribution in [3.63, 3.8) is 0 Å². The molecule has 1 amide bonds. The third-order valence-corrected chi connectivity index (χ3v) is 2.90. The summed E-state index contributed by atoms with van der Waals surface area (Å²) in [5, 5.41) is 1.94. The summed E-state index contributed by atoms with van der Waals surface area (Å²) in [6.07, 6.45) is -0.315. The van der Waals surface area contributed by atoms with E-state index in [4.69, 9.17) is 4.74 Å². The first-order chi connectivity index (χ1) is 8.76. The van der Waals surface area contributed by atoms with Gasteiger partial charge >= 0.3 is 25.0 Å². The second-order valence-electron chi connectivity index (χ2n) is 3.95. The van der Waals surface area contributed by atoms with Crippen LogP contribution < -0.4 is 23.6 Å². The van der Waals surface area contributed by atoms with Gasteiger partial charge in [0.05, 0.1) is 0 Å². The Kier molecular flexibility index (Phi) is 5.94. The quantitative estimate of drug-likeness (QED) is 0.585. The van der Waals surface area contributed by atoms with E-state index in [0.29, 0.717) is 18.8 Å². The zero-order chi connectivity index (χ0) is 13.0. The molecule has 4 heteroatoms. The number of hydrogen-bond donors (Lipinski definition) is 0. The number of benzene rings is 2. The molecule has 0 saturated heterocycles. The van der Waals surface area contributed by atoms with Gasteiger partial charge in [0.25, 0.3) is 0 Å². The van der Waals surface area contributed by atoms with E-state index in [0.717, 1.165) is 10.8 Å². The van der Waals surface area contributed by atoms with E-state index in [-0.39, 0.29) is 25.0 Å². The van der Waals surface area contributed by atoms with Crippen LogP contribution in [0.25, 0.3) is 10.8 Å². The molecule has 0 bridgehead atoms. The Morgan fingerprint density at radius 3 is 2.58 bits per heavy atom. The normalized spacial score (nSPS) is 9.79. The monoisotopic (exact) mass is 249 g/mol. The number of carbonyl (C=O) groups excluding carboxylic acids is 1. The average molecular weight is 249 g/mol. The smallest absolute Gasteiger partial charge is 0.474 e. The number of amides is 1. The summed E-state index contributed by atoms with van der Waals surface area (Å²) >= 11 is 0. The van der Waals surface area contributed by atoms with Gasteiger partial charge in [-0.25, -0.2) is 4.79 Å². The maximum atomic E-state index is 11.9. The van der Waals surface area contributed by atoms with Gasteiger partial charge in [0, 0.05) is 18.8 Å². The SMILES string of the molecule is CCN(CC)C(=O)Oc1c[c-]cc2ccccc12.[Li+]. The summed E-state index contributed by atoms with van der Waals surface area (Å²) in [6, 6.07) is 14.4. The largest absolute Gasteiger partial charge is 1.00 e. The number of nitrogens with zero attached hydrogens (tertiary/aromatic N) is 1. The topological polar surface area (TPSA) is 29.5 Å². The van der Waals surface area contributed by atoms with E-state index in [1.807, 2.05) is 44.2 Å². The molecule has 0 radical (unpaired) electrons. The van der Waals surface area contributed by atoms with Crippen molar-refractivity contribution in [2.75, 3.05) is 13.1 Å². The fraction of sp³-hybridized carbons (Fsp3) is 0.267. The van der Waals surface area contributed by atoms with Gasteiger partial charge in [-0.05, 0) is 13.8 Å². The number of carbonyl (C=O) groups is 1. The van der Waals surface area contributed by atoms with Crippen LogP contribution in [0.1, 0.15) is 13.8 Å². The molecule has 0 aliphatic carbocycles. The van der Waals surface area contributed by atoms with E-state index >= 15 is 0 Å². The van der Waals surface area contributed by atoms with Crippen molar-refractivity contribution < 1.29 is 28.4 Å². The third-order valence-electron chi connectivity index (χ3n) is 2.90. The Morgan fingerprint density at radius 2 is 1.89 bits per heavy atom. The number of hydrogen-bond acceptors (Lipinski definition) is 2. The molecule has 0 aliphatic heterocycles. The summed E-state index contributed by atoms with van der Waals surface area (Å²) in [7, 11) is 0. The minimum Gasteiger partial charge on any atom is -0.474 e. The van der Waals surface area contributed by atoms with Gasteiger partial charge in [-0.1, -0.05) is 23.6 Å². The van der Waals surface area contributed by atoms with E-state index in [9.17, 15) is 4.79 Å². The summed E-state index contributed by atoms with van der Waals surface area (Å²) in [5.41, 5.74) is 0. The first-order valence-electron chi connectivity index (χ1n) is 6.11. The Morgan fingerprint density at radius 1 is 1.21 bits per heavy atom. The molecule has 0 spiro atoms. The van der Waals surface area contributed by atoms with E-state index < -0.39 is 0 Å². The van der Waals surface area contributed by atoms with Crippen molar-refractivity contribution in [3.8, 4) is 5.75 Å². The van der Waals surface area contributed by atoms with Crippen LogP contribution in [0, 0.1) is 6.07 Å². The Balaban J connectivity index is 0.00000180. The minimum absolute atomic E-state index is 0. The van der Waals surface area contributed by atoms with E-state index in [2.05, 4.69) is 6.07 Å². The number of rotatable bonds is 3. The molecule has 0 unspecified atom stereocenters. The summed E-state index contributed by atoms with van der Waals surface area (Å²) < 4.78 is 5.43. The standard InChI is InChI=1S/C15H16NO2.Li/c1-3-16(4-2)15(17)18-14-11-7-9-12-8-5-6-10-13(12)14;/h5-6,8-11H,3-4H2,1-2H3;/q-1;+1. The van der Waals surface area contributed by atoms with Crippen molar-refractivity contribution in [2.24, 2.45) is 0 Å². The second-order valence-corrected chi connectivity index (χ2v) is 3.95. The molecule has 0 aromatic heterocycles. The van der Waals surface area contributed by atoms with Gasteiger partial charge in [-0.15, -0.1) is 17.5 Å². The first kappa shape index (κ1) is 15.6. The molecule has 0 N–H and O–H groups in total. The summed E-state index contributed by atoms with van der Waals surface area (Å²) in [5.74, 6) is 0.560. The van der Waals surface area contributed by atoms with Crippen LogP contribution in [-0.2, 0) is 0 Å².